The number of aliphatic hydroxyl groups excluding tert-OH is 1. The first-order valence-electron chi connectivity index (χ1n) is 14.4. The molecule has 1 atom stereocenters. The molecule has 0 aromatic heterocycles. The second kappa shape index (κ2) is 10.8. The van der Waals surface area contributed by atoms with Crippen molar-refractivity contribution in [1.82, 2.24) is 4.90 Å². The Balaban J connectivity index is 1.67. The van der Waals surface area contributed by atoms with Gasteiger partial charge >= 0.3 is 0 Å². The third-order valence-corrected chi connectivity index (χ3v) is 8.49. The van der Waals surface area contributed by atoms with Gasteiger partial charge in [0.2, 0.25) is 0 Å². The van der Waals surface area contributed by atoms with Crippen LogP contribution in [0.2, 0.25) is 0 Å². The van der Waals surface area contributed by atoms with Crippen LogP contribution in [-0.2, 0) is 25.7 Å². The average molecular weight is 589 g/mol. The summed E-state index contributed by atoms with van der Waals surface area (Å²) in [4.78, 5) is 59.2. The van der Waals surface area contributed by atoms with E-state index in [1.54, 1.807) is 53.4 Å². The number of aldehydes is 1. The van der Waals surface area contributed by atoms with Crippen LogP contribution in [-0.4, -0.2) is 46.5 Å². The molecule has 3 aromatic carbocycles. The number of allylic oxidation sites excluding steroid dienone is 1. The molecule has 1 unspecified atom stereocenters. The van der Waals surface area contributed by atoms with E-state index in [1.807, 2.05) is 50.2 Å². The minimum atomic E-state index is -2.10. The Kier molecular flexibility index (Phi) is 7.08. The Morgan fingerprint density at radius 3 is 2.16 bits per heavy atom. The molecule has 3 aromatic rings. The standard InChI is InChI=1S/C36H32N2O6/c1-35(2)19-28-31(29(40)20-35)36(34(43)37(28)21-24-12-8-5-9-13-24)30(25(22-39)18-23-10-6-4-7-11-23)32(41)33(42)38(36)26-14-16-27(44-3)17-15-26/h4-18,22,41H,19-21H2,1-3H3. The molecule has 0 bridgehead atoms. The second-order valence-electron chi connectivity index (χ2n) is 12.0. The Hall–Kier alpha value is -5.24. The predicted molar refractivity (Wildman–Crippen MR) is 165 cm³/mol. The maximum Gasteiger partial charge on any atom is 0.295 e. The number of aliphatic hydroxyl groups is 1. The molecular formula is C36H32N2O6. The minimum absolute atomic E-state index is 0.0718. The maximum absolute atomic E-state index is 15.2. The van der Waals surface area contributed by atoms with Crippen molar-refractivity contribution in [2.24, 2.45) is 5.41 Å². The third-order valence-electron chi connectivity index (χ3n) is 8.49. The molecule has 1 aliphatic carbocycles. The molecule has 0 saturated heterocycles. The predicted octanol–water partition coefficient (Wildman–Crippen LogP) is 5.56. The first-order valence-corrected chi connectivity index (χ1v) is 14.4. The number of amides is 2. The van der Waals surface area contributed by atoms with E-state index in [0.717, 1.165) is 5.56 Å². The normalized spacial score (nSPS) is 21.4. The summed E-state index contributed by atoms with van der Waals surface area (Å²) in [5.74, 6) is -2.02. The highest BCUT2D eigenvalue weighted by Crippen LogP contribution is 2.56. The molecule has 0 fully saturated rings. The highest BCUT2D eigenvalue weighted by Gasteiger charge is 2.68. The Morgan fingerprint density at radius 2 is 1.55 bits per heavy atom. The molecule has 1 spiro atoms. The number of carbonyl (C=O) groups is 4. The van der Waals surface area contributed by atoms with Gasteiger partial charge in [-0.3, -0.25) is 24.1 Å². The smallest absolute Gasteiger partial charge is 0.295 e. The monoisotopic (exact) mass is 588 g/mol. The summed E-state index contributed by atoms with van der Waals surface area (Å²) < 4.78 is 5.31. The Labute approximate surface area is 255 Å². The van der Waals surface area contributed by atoms with Crippen LogP contribution in [0.4, 0.5) is 5.69 Å². The highest BCUT2D eigenvalue weighted by molar-refractivity contribution is 6.27. The first-order chi connectivity index (χ1) is 21.1. The lowest BCUT2D eigenvalue weighted by atomic mass is 9.69. The lowest BCUT2D eigenvalue weighted by Crippen LogP contribution is -2.58. The quantitative estimate of drug-likeness (QED) is 0.286. The second-order valence-corrected chi connectivity index (χ2v) is 12.0. The molecule has 2 amide bonds. The summed E-state index contributed by atoms with van der Waals surface area (Å²) in [6.45, 7) is 4.07. The van der Waals surface area contributed by atoms with E-state index in [9.17, 15) is 19.5 Å². The number of methoxy groups -OCH3 is 1. The van der Waals surface area contributed by atoms with E-state index in [0.29, 0.717) is 29.7 Å². The minimum Gasteiger partial charge on any atom is -0.503 e. The Morgan fingerprint density at radius 1 is 0.909 bits per heavy atom. The summed E-state index contributed by atoms with van der Waals surface area (Å²) in [6, 6.07) is 24.8. The van der Waals surface area contributed by atoms with Crippen molar-refractivity contribution >= 4 is 35.6 Å². The molecule has 0 saturated carbocycles. The van der Waals surface area contributed by atoms with E-state index in [4.69, 9.17) is 4.74 Å². The first kappa shape index (κ1) is 28.9. The number of carbonyl (C=O) groups excluding carboxylic acids is 4. The van der Waals surface area contributed by atoms with Crippen LogP contribution in [0.1, 0.15) is 37.8 Å². The molecular weight excluding hydrogens is 556 g/mol. The van der Waals surface area contributed by atoms with Gasteiger partial charge in [-0.1, -0.05) is 74.5 Å². The van der Waals surface area contributed by atoms with Crippen molar-refractivity contribution in [3.05, 3.63) is 124 Å². The number of hydrogen-bond donors (Lipinski definition) is 1. The van der Waals surface area contributed by atoms with Crippen LogP contribution in [0.3, 0.4) is 0 Å². The van der Waals surface area contributed by atoms with Gasteiger partial charge in [-0.15, -0.1) is 0 Å². The van der Waals surface area contributed by atoms with Crippen LogP contribution < -0.4 is 9.64 Å². The summed E-state index contributed by atoms with van der Waals surface area (Å²) in [6.07, 6.45) is 2.55. The molecule has 0 radical (unpaired) electrons. The van der Waals surface area contributed by atoms with Gasteiger partial charge in [0.05, 0.1) is 24.8 Å². The van der Waals surface area contributed by atoms with E-state index in [1.165, 1.54) is 18.1 Å². The number of rotatable bonds is 7. The van der Waals surface area contributed by atoms with Gasteiger partial charge in [-0.05, 0) is 53.3 Å². The van der Waals surface area contributed by atoms with Gasteiger partial charge in [0.25, 0.3) is 11.8 Å². The van der Waals surface area contributed by atoms with E-state index >= 15 is 4.79 Å². The largest absolute Gasteiger partial charge is 0.503 e. The molecule has 44 heavy (non-hydrogen) atoms. The van der Waals surface area contributed by atoms with Gasteiger partial charge in [0.15, 0.2) is 23.4 Å². The number of fused-ring (bicyclic) bond motifs is 1. The van der Waals surface area contributed by atoms with Crippen molar-refractivity contribution in [3.8, 4) is 5.75 Å². The third kappa shape index (κ3) is 4.45. The molecule has 8 nitrogen and oxygen atoms in total. The number of benzene rings is 3. The van der Waals surface area contributed by atoms with Gasteiger partial charge in [0.1, 0.15) is 5.75 Å². The van der Waals surface area contributed by atoms with Crippen molar-refractivity contribution < 1.29 is 29.0 Å². The molecule has 222 valence electrons. The fourth-order valence-electron chi connectivity index (χ4n) is 6.66. The number of Topliss-reactive ketones (excluding diaryl/α,β-unsaturated/α-hetero) is 1. The number of nitrogens with zero attached hydrogens (tertiary/aromatic N) is 2. The van der Waals surface area contributed by atoms with Crippen molar-refractivity contribution in [3.63, 3.8) is 0 Å². The van der Waals surface area contributed by atoms with Crippen LogP contribution in [0, 0.1) is 5.41 Å². The molecule has 2 heterocycles. The fourth-order valence-corrected chi connectivity index (χ4v) is 6.66. The van der Waals surface area contributed by atoms with Crippen molar-refractivity contribution in [2.75, 3.05) is 12.0 Å². The van der Waals surface area contributed by atoms with Gasteiger partial charge in [0, 0.05) is 23.4 Å². The van der Waals surface area contributed by atoms with Crippen LogP contribution in [0.15, 0.2) is 113 Å². The van der Waals surface area contributed by atoms with E-state index in [-0.39, 0.29) is 41.2 Å². The van der Waals surface area contributed by atoms with Crippen molar-refractivity contribution in [1.29, 1.82) is 0 Å². The number of hydrogen-bond acceptors (Lipinski definition) is 6. The molecule has 6 rings (SSSR count). The van der Waals surface area contributed by atoms with Gasteiger partial charge in [-0.2, -0.15) is 0 Å². The highest BCUT2D eigenvalue weighted by atomic mass is 16.5. The summed E-state index contributed by atoms with van der Waals surface area (Å²) in [7, 11) is 1.51. The van der Waals surface area contributed by atoms with Gasteiger partial charge in [-0.25, -0.2) is 0 Å². The molecule has 2 aliphatic heterocycles. The van der Waals surface area contributed by atoms with Crippen LogP contribution in [0.25, 0.3) is 6.08 Å². The summed E-state index contributed by atoms with van der Waals surface area (Å²) in [5.41, 5.74) is -0.524. The fraction of sp³-hybridized carbons (Fsp3) is 0.222. The molecule has 3 aliphatic rings. The SMILES string of the molecule is COc1ccc(N2C(=O)C(O)=C(C(C=O)=Cc3ccccc3)C23C(=O)N(Cc2ccccc2)C2=C3C(=O)CC(C)(C)C2)cc1. The number of anilines is 1. The number of ketones is 1. The summed E-state index contributed by atoms with van der Waals surface area (Å²) in [5, 5.41) is 11.6. The van der Waals surface area contributed by atoms with Crippen LogP contribution >= 0.6 is 0 Å². The van der Waals surface area contributed by atoms with E-state index < -0.39 is 28.5 Å². The number of ether oxygens (including phenoxy) is 1. The zero-order valence-electron chi connectivity index (χ0n) is 24.7. The lowest BCUT2D eigenvalue weighted by Gasteiger charge is -2.38. The van der Waals surface area contributed by atoms with E-state index in [2.05, 4.69) is 0 Å². The molecule has 1 N–H and O–H groups in total. The summed E-state index contributed by atoms with van der Waals surface area (Å²) >= 11 is 0. The molecule has 8 heteroatoms. The van der Waals surface area contributed by atoms with Crippen LogP contribution in [0.5, 0.6) is 5.75 Å². The zero-order chi connectivity index (χ0) is 31.2. The topological polar surface area (TPSA) is 104 Å². The average Bonchev–Trinajstić information content (AvgIpc) is 3.38. The van der Waals surface area contributed by atoms with Crippen molar-refractivity contribution in [2.45, 2.75) is 38.8 Å². The lowest BCUT2D eigenvalue weighted by molar-refractivity contribution is -0.132. The Bertz CT molecular complexity index is 1770. The zero-order valence-corrected chi connectivity index (χ0v) is 24.7. The maximum atomic E-state index is 15.2. The van der Waals surface area contributed by atoms with Gasteiger partial charge < -0.3 is 14.7 Å².